The first-order valence-corrected chi connectivity index (χ1v) is 7.07. The van der Waals surface area contributed by atoms with Gasteiger partial charge in [-0.25, -0.2) is 0 Å². The van der Waals surface area contributed by atoms with Gasteiger partial charge in [-0.05, 0) is 46.1 Å². The smallest absolute Gasteiger partial charge is 0.160 e. The molecule has 1 heterocycles. The molecule has 0 amide bonds. The predicted molar refractivity (Wildman–Crippen MR) is 83.7 cm³/mol. The van der Waals surface area contributed by atoms with Crippen molar-refractivity contribution in [3.8, 4) is 11.5 Å². The Kier molecular flexibility index (Phi) is 5.24. The van der Waals surface area contributed by atoms with E-state index in [1.54, 1.807) is 26.6 Å². The predicted octanol–water partition coefficient (Wildman–Crippen LogP) is 3.52. The molecule has 0 saturated heterocycles. The van der Waals surface area contributed by atoms with Gasteiger partial charge >= 0.3 is 0 Å². The number of benzene rings is 1. The van der Waals surface area contributed by atoms with Crippen molar-refractivity contribution in [1.29, 1.82) is 0 Å². The molecule has 106 valence electrons. The summed E-state index contributed by atoms with van der Waals surface area (Å²) in [5.74, 6) is 1.51. The van der Waals surface area contributed by atoms with E-state index < -0.39 is 0 Å². The lowest BCUT2D eigenvalue weighted by atomic mass is 10.1. The van der Waals surface area contributed by atoms with E-state index in [0.29, 0.717) is 0 Å². The van der Waals surface area contributed by atoms with Crippen LogP contribution in [0.1, 0.15) is 5.56 Å². The summed E-state index contributed by atoms with van der Waals surface area (Å²) in [6.45, 7) is 0.827. The number of pyridine rings is 1. The highest BCUT2D eigenvalue weighted by Gasteiger charge is 2.04. The Morgan fingerprint density at radius 1 is 1.10 bits per heavy atom. The number of halogens is 1. The number of anilines is 1. The maximum atomic E-state index is 5.30. The van der Waals surface area contributed by atoms with E-state index in [1.165, 1.54) is 5.56 Å². The van der Waals surface area contributed by atoms with Crippen molar-refractivity contribution < 1.29 is 9.47 Å². The summed E-state index contributed by atoms with van der Waals surface area (Å²) in [4.78, 5) is 4.11. The lowest BCUT2D eigenvalue weighted by molar-refractivity contribution is 0.354. The van der Waals surface area contributed by atoms with Gasteiger partial charge in [0.2, 0.25) is 0 Å². The molecule has 4 nitrogen and oxygen atoms in total. The summed E-state index contributed by atoms with van der Waals surface area (Å²) in [6.07, 6.45) is 4.46. The summed E-state index contributed by atoms with van der Waals surface area (Å²) in [7, 11) is 3.28. The number of methoxy groups -OCH3 is 2. The third-order valence-electron chi connectivity index (χ3n) is 2.90. The van der Waals surface area contributed by atoms with E-state index in [9.17, 15) is 0 Å². The number of aromatic nitrogens is 1. The molecular weight excluding hydrogens is 320 g/mol. The van der Waals surface area contributed by atoms with Gasteiger partial charge < -0.3 is 14.8 Å². The second-order valence-electron chi connectivity index (χ2n) is 4.26. The van der Waals surface area contributed by atoms with Crippen LogP contribution in [0.15, 0.2) is 41.1 Å². The Balaban J connectivity index is 1.94. The minimum atomic E-state index is 0.750. The summed E-state index contributed by atoms with van der Waals surface area (Å²) in [5, 5.41) is 3.34. The number of rotatable bonds is 6. The van der Waals surface area contributed by atoms with Gasteiger partial charge in [0.25, 0.3) is 0 Å². The highest BCUT2D eigenvalue weighted by atomic mass is 79.9. The average molecular weight is 337 g/mol. The fourth-order valence-electron chi connectivity index (χ4n) is 1.90. The van der Waals surface area contributed by atoms with Crippen LogP contribution in [0, 0.1) is 0 Å². The molecule has 1 aromatic heterocycles. The first-order valence-electron chi connectivity index (χ1n) is 6.28. The molecule has 0 aliphatic heterocycles. The Labute approximate surface area is 127 Å². The zero-order valence-corrected chi connectivity index (χ0v) is 13.1. The molecule has 2 rings (SSSR count). The van der Waals surface area contributed by atoms with Gasteiger partial charge in [0.15, 0.2) is 11.5 Å². The number of nitrogens with one attached hydrogen (secondary N) is 1. The molecular formula is C15H17BrN2O2. The minimum absolute atomic E-state index is 0.750. The topological polar surface area (TPSA) is 43.4 Å². The van der Waals surface area contributed by atoms with Gasteiger partial charge in [0.05, 0.1) is 26.1 Å². The molecule has 20 heavy (non-hydrogen) atoms. The van der Waals surface area contributed by atoms with E-state index in [2.05, 4.69) is 26.2 Å². The van der Waals surface area contributed by atoms with Crippen molar-refractivity contribution in [1.82, 2.24) is 4.98 Å². The van der Waals surface area contributed by atoms with Crippen molar-refractivity contribution in [2.75, 3.05) is 26.1 Å². The first kappa shape index (κ1) is 14.7. The van der Waals surface area contributed by atoms with Crippen LogP contribution < -0.4 is 14.8 Å². The Bertz CT molecular complexity index is 576. The molecule has 0 atom stereocenters. The van der Waals surface area contributed by atoms with Crippen LogP contribution in [0.2, 0.25) is 0 Å². The van der Waals surface area contributed by atoms with Crippen LogP contribution in [0.3, 0.4) is 0 Å². The van der Waals surface area contributed by atoms with Gasteiger partial charge in [-0.15, -0.1) is 0 Å². The Morgan fingerprint density at radius 3 is 2.60 bits per heavy atom. The van der Waals surface area contributed by atoms with E-state index in [1.807, 2.05) is 24.3 Å². The standard InChI is InChI=1S/C15H17BrN2O2/c1-19-14-4-3-11(7-15(14)20-2)5-6-18-13-8-12(16)9-17-10-13/h3-4,7-10,18H,5-6H2,1-2H3. The Morgan fingerprint density at radius 2 is 1.90 bits per heavy atom. The highest BCUT2D eigenvalue weighted by molar-refractivity contribution is 9.10. The van der Waals surface area contributed by atoms with E-state index in [4.69, 9.17) is 9.47 Å². The van der Waals surface area contributed by atoms with Crippen LogP contribution in [0.5, 0.6) is 11.5 Å². The molecule has 1 aromatic carbocycles. The lowest BCUT2D eigenvalue weighted by Gasteiger charge is -2.10. The summed E-state index contributed by atoms with van der Waals surface area (Å²) in [5.41, 5.74) is 2.19. The van der Waals surface area contributed by atoms with E-state index >= 15 is 0 Å². The number of hydrogen-bond donors (Lipinski definition) is 1. The van der Waals surface area contributed by atoms with Crippen LogP contribution in [-0.4, -0.2) is 25.7 Å². The molecule has 0 unspecified atom stereocenters. The summed E-state index contributed by atoms with van der Waals surface area (Å²) < 4.78 is 11.5. The minimum Gasteiger partial charge on any atom is -0.493 e. The zero-order valence-electron chi connectivity index (χ0n) is 11.5. The molecule has 0 spiro atoms. The average Bonchev–Trinajstić information content (AvgIpc) is 2.47. The van der Waals surface area contributed by atoms with Gasteiger partial charge in [-0.1, -0.05) is 6.07 Å². The van der Waals surface area contributed by atoms with E-state index in [-0.39, 0.29) is 0 Å². The molecule has 0 saturated carbocycles. The third kappa shape index (κ3) is 3.87. The first-order chi connectivity index (χ1) is 9.72. The van der Waals surface area contributed by atoms with Crippen molar-refractivity contribution in [2.45, 2.75) is 6.42 Å². The number of hydrogen-bond acceptors (Lipinski definition) is 4. The van der Waals surface area contributed by atoms with Crippen molar-refractivity contribution >= 4 is 21.6 Å². The molecule has 0 aliphatic rings. The molecule has 0 fully saturated rings. The third-order valence-corrected chi connectivity index (χ3v) is 3.33. The quantitative estimate of drug-likeness (QED) is 0.876. The fraction of sp³-hybridized carbons (Fsp3) is 0.267. The maximum absolute atomic E-state index is 5.30. The maximum Gasteiger partial charge on any atom is 0.160 e. The van der Waals surface area contributed by atoms with Gasteiger partial charge in [0, 0.05) is 17.2 Å². The number of nitrogens with zero attached hydrogens (tertiary/aromatic N) is 1. The van der Waals surface area contributed by atoms with E-state index in [0.717, 1.165) is 34.6 Å². The van der Waals surface area contributed by atoms with Crippen LogP contribution in [0.4, 0.5) is 5.69 Å². The van der Waals surface area contributed by atoms with Crippen molar-refractivity contribution in [3.63, 3.8) is 0 Å². The van der Waals surface area contributed by atoms with Gasteiger partial charge in [-0.3, -0.25) is 4.98 Å². The fourth-order valence-corrected chi connectivity index (χ4v) is 2.26. The van der Waals surface area contributed by atoms with Gasteiger partial charge in [-0.2, -0.15) is 0 Å². The molecule has 0 bridgehead atoms. The second-order valence-corrected chi connectivity index (χ2v) is 5.17. The monoisotopic (exact) mass is 336 g/mol. The van der Waals surface area contributed by atoms with Crippen LogP contribution >= 0.6 is 15.9 Å². The molecule has 5 heteroatoms. The zero-order chi connectivity index (χ0) is 14.4. The Hall–Kier alpha value is -1.75. The van der Waals surface area contributed by atoms with Crippen LogP contribution in [-0.2, 0) is 6.42 Å². The van der Waals surface area contributed by atoms with Crippen molar-refractivity contribution in [3.05, 3.63) is 46.7 Å². The number of ether oxygens (including phenoxy) is 2. The second kappa shape index (κ2) is 7.14. The highest BCUT2D eigenvalue weighted by Crippen LogP contribution is 2.27. The normalized spacial score (nSPS) is 10.2. The largest absolute Gasteiger partial charge is 0.493 e. The van der Waals surface area contributed by atoms with Gasteiger partial charge in [0.1, 0.15) is 0 Å². The SMILES string of the molecule is COc1ccc(CCNc2cncc(Br)c2)cc1OC. The summed E-state index contributed by atoms with van der Waals surface area (Å²) >= 11 is 3.40. The van der Waals surface area contributed by atoms with Crippen LogP contribution in [0.25, 0.3) is 0 Å². The lowest BCUT2D eigenvalue weighted by Crippen LogP contribution is -2.05. The molecule has 1 N–H and O–H groups in total. The summed E-state index contributed by atoms with van der Waals surface area (Å²) in [6, 6.07) is 7.97. The molecule has 2 aromatic rings. The van der Waals surface area contributed by atoms with Crippen molar-refractivity contribution in [2.24, 2.45) is 0 Å². The molecule has 0 radical (unpaired) electrons. The molecule has 0 aliphatic carbocycles.